The van der Waals surface area contributed by atoms with E-state index in [9.17, 15) is 0 Å². The topological polar surface area (TPSA) is 19.0 Å². The summed E-state index contributed by atoms with van der Waals surface area (Å²) in [6.07, 6.45) is 2.17. The molecule has 29 heavy (non-hydrogen) atoms. The number of hydrogen-bond donors (Lipinski definition) is 1. The first kappa shape index (κ1) is 17.6. The van der Waals surface area contributed by atoms with E-state index in [0.717, 1.165) is 0 Å². The van der Waals surface area contributed by atoms with E-state index in [1.54, 1.807) is 0 Å². The van der Waals surface area contributed by atoms with Crippen LogP contribution in [0.3, 0.4) is 0 Å². The molecule has 5 aromatic rings. The fourth-order valence-electron chi connectivity index (χ4n) is 4.24. The van der Waals surface area contributed by atoms with Gasteiger partial charge in [-0.2, -0.15) is 0 Å². The van der Waals surface area contributed by atoms with Crippen molar-refractivity contribution in [2.45, 2.75) is 5.92 Å². The second-order valence-electron chi connectivity index (χ2n) is 7.82. The van der Waals surface area contributed by atoms with E-state index in [0.29, 0.717) is 0 Å². The molecule has 0 spiro atoms. The summed E-state index contributed by atoms with van der Waals surface area (Å²) in [5.74, 6) is 0.173. The molecule has 1 aromatic heterocycles. The quantitative estimate of drug-likeness (QED) is 0.376. The predicted octanol–water partition coefficient (Wildman–Crippen LogP) is 6.57. The lowest BCUT2D eigenvalue weighted by Gasteiger charge is -2.20. The standard InChI is InChI=1S/C27H24N2/c1-29(2)23-15-13-20(14-16-23)27(25-18-28-26-10-6-5-9-24(25)26)22-12-11-19-7-3-4-8-21(19)17-22/h3-18,27-28H,1-2H3. The van der Waals surface area contributed by atoms with E-state index in [2.05, 4.69) is 121 Å². The third-order valence-corrected chi connectivity index (χ3v) is 5.78. The van der Waals surface area contributed by atoms with Gasteiger partial charge in [-0.1, -0.05) is 72.8 Å². The third kappa shape index (κ3) is 3.17. The highest BCUT2D eigenvalue weighted by Crippen LogP contribution is 2.37. The number of aromatic nitrogens is 1. The number of para-hydroxylation sites is 1. The van der Waals surface area contributed by atoms with Gasteiger partial charge in [0.1, 0.15) is 0 Å². The normalized spacial score (nSPS) is 12.3. The van der Waals surface area contributed by atoms with Gasteiger partial charge in [0.05, 0.1) is 0 Å². The van der Waals surface area contributed by atoms with Crippen LogP contribution in [0.2, 0.25) is 0 Å². The largest absolute Gasteiger partial charge is 0.378 e. The number of hydrogen-bond acceptors (Lipinski definition) is 1. The minimum atomic E-state index is 0.173. The average Bonchev–Trinajstić information content (AvgIpc) is 3.18. The highest BCUT2D eigenvalue weighted by atomic mass is 15.1. The van der Waals surface area contributed by atoms with Crippen LogP contribution in [0.15, 0.2) is 97.2 Å². The smallest absolute Gasteiger partial charge is 0.0457 e. The SMILES string of the molecule is CN(C)c1ccc(C(c2ccc3ccccc3c2)c2c[nH]c3ccccc23)cc1. The van der Waals surface area contributed by atoms with Gasteiger partial charge in [-0.25, -0.2) is 0 Å². The lowest BCUT2D eigenvalue weighted by Crippen LogP contribution is -2.09. The van der Waals surface area contributed by atoms with Crippen LogP contribution in [-0.4, -0.2) is 19.1 Å². The van der Waals surface area contributed by atoms with Gasteiger partial charge in [0, 0.05) is 42.8 Å². The molecule has 0 aliphatic carbocycles. The lowest BCUT2D eigenvalue weighted by molar-refractivity contribution is 0.988. The third-order valence-electron chi connectivity index (χ3n) is 5.78. The maximum atomic E-state index is 3.47. The van der Waals surface area contributed by atoms with Crippen molar-refractivity contribution in [2.24, 2.45) is 0 Å². The summed E-state index contributed by atoms with van der Waals surface area (Å²) in [4.78, 5) is 5.61. The van der Waals surface area contributed by atoms with Gasteiger partial charge < -0.3 is 9.88 Å². The maximum absolute atomic E-state index is 3.47. The van der Waals surface area contributed by atoms with Crippen LogP contribution in [0, 0.1) is 0 Å². The van der Waals surface area contributed by atoms with Crippen molar-refractivity contribution in [3.63, 3.8) is 0 Å². The predicted molar refractivity (Wildman–Crippen MR) is 124 cm³/mol. The number of aromatic amines is 1. The Hall–Kier alpha value is -3.52. The second-order valence-corrected chi connectivity index (χ2v) is 7.82. The van der Waals surface area contributed by atoms with Gasteiger partial charge in [0.15, 0.2) is 0 Å². The van der Waals surface area contributed by atoms with Crippen molar-refractivity contribution in [3.8, 4) is 0 Å². The molecule has 0 aliphatic rings. The van der Waals surface area contributed by atoms with Gasteiger partial charge in [-0.3, -0.25) is 0 Å². The van der Waals surface area contributed by atoms with Crippen molar-refractivity contribution in [1.29, 1.82) is 0 Å². The number of nitrogens with zero attached hydrogens (tertiary/aromatic N) is 1. The summed E-state index contributed by atoms with van der Waals surface area (Å²) in [6, 6.07) is 32.9. The fourth-order valence-corrected chi connectivity index (χ4v) is 4.24. The summed E-state index contributed by atoms with van der Waals surface area (Å²) in [7, 11) is 4.16. The van der Waals surface area contributed by atoms with Gasteiger partial charge in [0.25, 0.3) is 0 Å². The van der Waals surface area contributed by atoms with Crippen molar-refractivity contribution >= 4 is 27.4 Å². The summed E-state index contributed by atoms with van der Waals surface area (Å²) in [5.41, 5.74) is 6.32. The lowest BCUT2D eigenvalue weighted by atomic mass is 9.84. The molecule has 0 radical (unpaired) electrons. The van der Waals surface area contributed by atoms with Crippen LogP contribution in [0.25, 0.3) is 21.7 Å². The zero-order chi connectivity index (χ0) is 19.8. The highest BCUT2D eigenvalue weighted by molar-refractivity contribution is 5.86. The van der Waals surface area contributed by atoms with Crippen LogP contribution >= 0.6 is 0 Å². The van der Waals surface area contributed by atoms with Crippen molar-refractivity contribution in [2.75, 3.05) is 19.0 Å². The minimum absolute atomic E-state index is 0.173. The van der Waals surface area contributed by atoms with Crippen molar-refractivity contribution < 1.29 is 0 Å². The first-order valence-corrected chi connectivity index (χ1v) is 10.0. The fraction of sp³-hybridized carbons (Fsp3) is 0.111. The van der Waals surface area contributed by atoms with Gasteiger partial charge in [0.2, 0.25) is 0 Å². The first-order chi connectivity index (χ1) is 14.2. The molecule has 2 heteroatoms. The monoisotopic (exact) mass is 376 g/mol. The van der Waals surface area contributed by atoms with E-state index in [1.165, 1.54) is 44.1 Å². The molecule has 1 atom stereocenters. The molecule has 1 heterocycles. The molecular weight excluding hydrogens is 352 g/mol. The number of anilines is 1. The maximum Gasteiger partial charge on any atom is 0.0457 e. The van der Waals surface area contributed by atoms with E-state index in [-0.39, 0.29) is 5.92 Å². The van der Waals surface area contributed by atoms with Crippen molar-refractivity contribution in [1.82, 2.24) is 4.98 Å². The molecule has 0 aliphatic heterocycles. The van der Waals surface area contributed by atoms with Crippen molar-refractivity contribution in [3.05, 3.63) is 114 Å². The molecule has 0 amide bonds. The Bertz CT molecular complexity index is 1280. The number of rotatable bonds is 4. The van der Waals surface area contributed by atoms with Crippen LogP contribution in [0.4, 0.5) is 5.69 Å². The Balaban J connectivity index is 1.71. The molecule has 1 N–H and O–H groups in total. The molecule has 0 saturated heterocycles. The van der Waals surface area contributed by atoms with E-state index in [4.69, 9.17) is 0 Å². The molecule has 1 unspecified atom stereocenters. The van der Waals surface area contributed by atoms with Crippen LogP contribution in [0.1, 0.15) is 22.6 Å². The number of H-pyrrole nitrogens is 1. The average molecular weight is 377 g/mol. The highest BCUT2D eigenvalue weighted by Gasteiger charge is 2.20. The molecule has 0 saturated carbocycles. The van der Waals surface area contributed by atoms with E-state index < -0.39 is 0 Å². The summed E-state index contributed by atoms with van der Waals surface area (Å²) >= 11 is 0. The van der Waals surface area contributed by atoms with Gasteiger partial charge in [-0.05, 0) is 45.7 Å². The number of fused-ring (bicyclic) bond motifs is 2. The van der Waals surface area contributed by atoms with E-state index >= 15 is 0 Å². The Kier molecular flexibility index (Phi) is 4.33. The zero-order valence-corrected chi connectivity index (χ0v) is 16.8. The molecule has 5 rings (SSSR count). The zero-order valence-electron chi connectivity index (χ0n) is 16.8. The summed E-state index contributed by atoms with van der Waals surface area (Å²) in [6.45, 7) is 0. The van der Waals surface area contributed by atoms with Gasteiger partial charge >= 0.3 is 0 Å². The molecule has 4 aromatic carbocycles. The first-order valence-electron chi connectivity index (χ1n) is 10.0. The molecule has 0 fully saturated rings. The number of benzene rings is 4. The molecule has 0 bridgehead atoms. The summed E-state index contributed by atoms with van der Waals surface area (Å²) in [5, 5.41) is 3.83. The Morgan fingerprint density at radius 2 is 1.38 bits per heavy atom. The second kappa shape index (κ2) is 7.14. The Labute approximate surface area is 171 Å². The number of nitrogens with one attached hydrogen (secondary N) is 1. The van der Waals surface area contributed by atoms with E-state index in [1.807, 2.05) is 0 Å². The van der Waals surface area contributed by atoms with Crippen LogP contribution < -0.4 is 4.90 Å². The summed E-state index contributed by atoms with van der Waals surface area (Å²) < 4.78 is 0. The Morgan fingerprint density at radius 3 is 2.17 bits per heavy atom. The molecule has 142 valence electrons. The van der Waals surface area contributed by atoms with Crippen LogP contribution in [-0.2, 0) is 0 Å². The molecule has 2 nitrogen and oxygen atoms in total. The Morgan fingerprint density at radius 1 is 0.690 bits per heavy atom. The minimum Gasteiger partial charge on any atom is -0.378 e. The van der Waals surface area contributed by atoms with Gasteiger partial charge in [-0.15, -0.1) is 0 Å². The molecular formula is C27H24N2. The van der Waals surface area contributed by atoms with Crippen LogP contribution in [0.5, 0.6) is 0 Å².